The Morgan fingerprint density at radius 1 is 1.27 bits per heavy atom. The van der Waals surface area contributed by atoms with Gasteiger partial charge in [0.25, 0.3) is 0 Å². The summed E-state index contributed by atoms with van der Waals surface area (Å²) in [5.74, 6) is -0.0412. The van der Waals surface area contributed by atoms with Crippen LogP contribution in [0.25, 0.3) is 0 Å². The average molecular weight is 213 g/mol. The summed E-state index contributed by atoms with van der Waals surface area (Å²) in [6, 6.07) is 0. The predicted molar refractivity (Wildman–Crippen MR) is 62.6 cm³/mol. The Hall–Kier alpha value is -0.830. The number of aliphatic hydroxyl groups is 1. The van der Waals surface area contributed by atoms with Gasteiger partial charge in [0.2, 0.25) is 5.91 Å². The molecule has 0 saturated heterocycles. The van der Waals surface area contributed by atoms with Gasteiger partial charge in [0, 0.05) is 18.7 Å². The zero-order valence-corrected chi connectivity index (χ0v) is 9.96. The van der Waals surface area contributed by atoms with Crippen LogP contribution in [0.5, 0.6) is 0 Å². The quantitative estimate of drug-likeness (QED) is 0.494. The lowest BCUT2D eigenvalue weighted by atomic mass is 10.2. The fourth-order valence-electron chi connectivity index (χ4n) is 1.43. The minimum absolute atomic E-state index is 0.0206. The second-order valence-electron chi connectivity index (χ2n) is 3.86. The number of nitrogens with zero attached hydrogens (tertiary/aromatic N) is 1. The van der Waals surface area contributed by atoms with E-state index >= 15 is 0 Å². The first kappa shape index (κ1) is 14.2. The highest BCUT2D eigenvalue weighted by molar-refractivity contribution is 5.92. The van der Waals surface area contributed by atoms with E-state index in [4.69, 9.17) is 5.11 Å². The molecule has 0 rings (SSSR count). The van der Waals surface area contributed by atoms with Crippen LogP contribution in [-0.4, -0.2) is 35.6 Å². The van der Waals surface area contributed by atoms with Gasteiger partial charge in [0.05, 0.1) is 6.61 Å². The van der Waals surface area contributed by atoms with E-state index in [1.165, 1.54) is 12.8 Å². The van der Waals surface area contributed by atoms with Crippen LogP contribution >= 0.6 is 0 Å². The molecule has 0 radical (unpaired) electrons. The smallest absolute Gasteiger partial charge is 0.248 e. The maximum absolute atomic E-state index is 11.6. The lowest BCUT2D eigenvalue weighted by molar-refractivity contribution is -0.127. The molecule has 0 unspecified atom stereocenters. The first-order valence-electron chi connectivity index (χ1n) is 5.69. The van der Waals surface area contributed by atoms with E-state index in [9.17, 15) is 4.79 Å². The maximum atomic E-state index is 11.6. The summed E-state index contributed by atoms with van der Waals surface area (Å²) in [5.41, 5.74) is 0.541. The van der Waals surface area contributed by atoms with Gasteiger partial charge in [0.1, 0.15) is 0 Å². The third kappa shape index (κ3) is 6.28. The number of carbonyl (C=O) groups excluding carboxylic acids is 1. The molecule has 1 N–H and O–H groups in total. The molecule has 0 bridgehead atoms. The van der Waals surface area contributed by atoms with Crippen molar-refractivity contribution in [2.75, 3.05) is 19.7 Å². The molecule has 0 aromatic heterocycles. The van der Waals surface area contributed by atoms with Gasteiger partial charge in [-0.05, 0) is 13.3 Å². The van der Waals surface area contributed by atoms with E-state index in [0.29, 0.717) is 12.1 Å². The summed E-state index contributed by atoms with van der Waals surface area (Å²) in [4.78, 5) is 13.3. The number of hydrogen-bond acceptors (Lipinski definition) is 2. The third-order valence-corrected chi connectivity index (χ3v) is 2.30. The number of aliphatic hydroxyl groups excluding tert-OH is 1. The van der Waals surface area contributed by atoms with Crippen molar-refractivity contribution >= 4 is 5.91 Å². The lowest BCUT2D eigenvalue weighted by Gasteiger charge is -2.21. The largest absolute Gasteiger partial charge is 0.395 e. The Morgan fingerprint density at radius 3 is 2.40 bits per heavy atom. The summed E-state index contributed by atoms with van der Waals surface area (Å²) >= 11 is 0. The maximum Gasteiger partial charge on any atom is 0.248 e. The molecular formula is C12H23NO2. The number of amides is 1. The SMILES string of the molecule is C=C(C)C(=O)N(CCO)CCCCCC. The van der Waals surface area contributed by atoms with E-state index in [1.54, 1.807) is 11.8 Å². The van der Waals surface area contributed by atoms with E-state index in [2.05, 4.69) is 13.5 Å². The van der Waals surface area contributed by atoms with Crippen LogP contribution < -0.4 is 0 Å². The van der Waals surface area contributed by atoms with Gasteiger partial charge in [-0.2, -0.15) is 0 Å². The minimum atomic E-state index is -0.0412. The van der Waals surface area contributed by atoms with E-state index < -0.39 is 0 Å². The summed E-state index contributed by atoms with van der Waals surface area (Å²) in [6.45, 7) is 8.66. The van der Waals surface area contributed by atoms with Crippen LogP contribution in [0, 0.1) is 0 Å². The van der Waals surface area contributed by atoms with Gasteiger partial charge in [-0.3, -0.25) is 4.79 Å². The summed E-state index contributed by atoms with van der Waals surface area (Å²) in [7, 11) is 0. The molecule has 0 aromatic rings. The Labute approximate surface area is 92.8 Å². The molecular weight excluding hydrogens is 190 g/mol. The summed E-state index contributed by atoms with van der Waals surface area (Å²) in [6.07, 6.45) is 4.54. The topological polar surface area (TPSA) is 40.5 Å². The molecule has 0 atom stereocenters. The molecule has 0 aliphatic heterocycles. The van der Waals surface area contributed by atoms with Crippen LogP contribution in [-0.2, 0) is 4.79 Å². The monoisotopic (exact) mass is 213 g/mol. The van der Waals surface area contributed by atoms with Gasteiger partial charge in [-0.25, -0.2) is 0 Å². The third-order valence-electron chi connectivity index (χ3n) is 2.30. The standard InChI is InChI=1S/C12H23NO2/c1-4-5-6-7-8-13(9-10-14)12(15)11(2)3/h14H,2,4-10H2,1,3H3. The number of hydrogen-bond donors (Lipinski definition) is 1. The molecule has 0 saturated carbocycles. The molecule has 0 aliphatic carbocycles. The zero-order valence-electron chi connectivity index (χ0n) is 9.96. The van der Waals surface area contributed by atoms with Gasteiger partial charge < -0.3 is 10.0 Å². The number of carbonyl (C=O) groups is 1. The van der Waals surface area contributed by atoms with Gasteiger partial charge in [0.15, 0.2) is 0 Å². The molecule has 0 aromatic carbocycles. The highest BCUT2D eigenvalue weighted by atomic mass is 16.3. The summed E-state index contributed by atoms with van der Waals surface area (Å²) in [5, 5.41) is 8.85. The van der Waals surface area contributed by atoms with Crippen LogP contribution in [0.3, 0.4) is 0 Å². The van der Waals surface area contributed by atoms with Crippen molar-refractivity contribution in [2.45, 2.75) is 39.5 Å². The Balaban J connectivity index is 3.93. The highest BCUT2D eigenvalue weighted by Crippen LogP contribution is 2.04. The van der Waals surface area contributed by atoms with Crippen LogP contribution in [0.2, 0.25) is 0 Å². The van der Waals surface area contributed by atoms with Crippen molar-refractivity contribution < 1.29 is 9.90 Å². The minimum Gasteiger partial charge on any atom is -0.395 e. The van der Waals surface area contributed by atoms with Gasteiger partial charge in [-0.15, -0.1) is 0 Å². The molecule has 0 spiro atoms. The molecule has 88 valence electrons. The second-order valence-corrected chi connectivity index (χ2v) is 3.86. The van der Waals surface area contributed by atoms with E-state index in [-0.39, 0.29) is 12.5 Å². The molecule has 15 heavy (non-hydrogen) atoms. The van der Waals surface area contributed by atoms with Gasteiger partial charge >= 0.3 is 0 Å². The average Bonchev–Trinajstić information content (AvgIpc) is 2.21. The first-order chi connectivity index (χ1) is 7.13. The van der Waals surface area contributed by atoms with E-state index in [1.807, 2.05) is 0 Å². The normalized spacial score (nSPS) is 10.1. The van der Waals surface area contributed by atoms with Crippen molar-refractivity contribution in [1.29, 1.82) is 0 Å². The molecule has 0 fully saturated rings. The highest BCUT2D eigenvalue weighted by Gasteiger charge is 2.12. The van der Waals surface area contributed by atoms with Crippen molar-refractivity contribution in [2.24, 2.45) is 0 Å². The molecule has 0 heterocycles. The molecule has 0 aliphatic rings. The first-order valence-corrected chi connectivity index (χ1v) is 5.69. The van der Waals surface area contributed by atoms with Crippen molar-refractivity contribution in [3.05, 3.63) is 12.2 Å². The second kappa shape index (κ2) is 8.48. The zero-order chi connectivity index (χ0) is 11.7. The predicted octanol–water partition coefficient (Wildman–Crippen LogP) is 1.96. The van der Waals surface area contributed by atoms with Crippen molar-refractivity contribution in [3.8, 4) is 0 Å². The Bertz CT molecular complexity index is 202. The van der Waals surface area contributed by atoms with Crippen LogP contribution in [0.1, 0.15) is 39.5 Å². The number of rotatable bonds is 8. The van der Waals surface area contributed by atoms with Crippen LogP contribution in [0.15, 0.2) is 12.2 Å². The number of unbranched alkanes of at least 4 members (excludes halogenated alkanes) is 3. The summed E-state index contributed by atoms with van der Waals surface area (Å²) < 4.78 is 0. The molecule has 1 amide bonds. The fourth-order valence-corrected chi connectivity index (χ4v) is 1.43. The van der Waals surface area contributed by atoms with E-state index in [0.717, 1.165) is 19.4 Å². The van der Waals surface area contributed by atoms with Gasteiger partial charge in [-0.1, -0.05) is 32.8 Å². The molecule has 3 heteroatoms. The molecule has 3 nitrogen and oxygen atoms in total. The van der Waals surface area contributed by atoms with Crippen LogP contribution in [0.4, 0.5) is 0 Å². The van der Waals surface area contributed by atoms with Crippen molar-refractivity contribution in [3.63, 3.8) is 0 Å². The fraction of sp³-hybridized carbons (Fsp3) is 0.750. The van der Waals surface area contributed by atoms with Crippen molar-refractivity contribution in [1.82, 2.24) is 4.90 Å². The Morgan fingerprint density at radius 2 is 1.93 bits per heavy atom. The lowest BCUT2D eigenvalue weighted by Crippen LogP contribution is -2.34. The Kier molecular flexibility index (Phi) is 8.01.